The molecular weight excluding hydrogens is 454 g/mol. The van der Waals surface area contributed by atoms with E-state index in [2.05, 4.69) is 0 Å². The molecule has 1 N–H and O–H groups in total. The van der Waals surface area contributed by atoms with Crippen LogP contribution in [0, 0.1) is 28.6 Å². The summed E-state index contributed by atoms with van der Waals surface area (Å²) in [4.78, 5) is 37.7. The van der Waals surface area contributed by atoms with Gasteiger partial charge in [-0.05, 0) is 49.8 Å². The Kier molecular flexibility index (Phi) is 5.73. The molecule has 4 rings (SSSR count). The van der Waals surface area contributed by atoms with E-state index in [0.717, 1.165) is 6.08 Å². The van der Waals surface area contributed by atoms with Gasteiger partial charge >= 0.3 is 5.97 Å². The number of aliphatic hydroxyl groups is 1. The van der Waals surface area contributed by atoms with E-state index in [1.165, 1.54) is 19.1 Å². The molecule has 0 spiro atoms. The van der Waals surface area contributed by atoms with Crippen molar-refractivity contribution in [1.29, 1.82) is 0 Å². The number of allylic oxidation sites excluding steroid dienone is 4. The molecule has 182 valence electrons. The van der Waals surface area contributed by atoms with Crippen LogP contribution in [0.3, 0.4) is 0 Å². The zero-order valence-corrected chi connectivity index (χ0v) is 20.1. The summed E-state index contributed by atoms with van der Waals surface area (Å²) in [5, 5.41) is 11.4. The Bertz CT molecular complexity index is 964. The minimum absolute atomic E-state index is 0.0431. The smallest absolute Gasteiger partial charge is 0.306 e. The highest BCUT2D eigenvalue weighted by molar-refractivity contribution is 6.29. The van der Waals surface area contributed by atoms with Gasteiger partial charge in [0, 0.05) is 29.1 Å². The molecule has 0 saturated heterocycles. The van der Waals surface area contributed by atoms with E-state index >= 15 is 8.78 Å². The lowest BCUT2D eigenvalue weighted by molar-refractivity contribution is -0.230. The number of carbonyl (C=O) groups is 3. The Labute approximate surface area is 197 Å². The second-order valence-corrected chi connectivity index (χ2v) is 10.9. The number of fused-ring (bicyclic) bond motifs is 5. The summed E-state index contributed by atoms with van der Waals surface area (Å²) in [6, 6.07) is 0. The van der Waals surface area contributed by atoms with Gasteiger partial charge in [-0.25, -0.2) is 8.78 Å². The highest BCUT2D eigenvalue weighted by Crippen LogP contribution is 2.71. The van der Waals surface area contributed by atoms with E-state index < -0.39 is 75.5 Å². The first-order chi connectivity index (χ1) is 15.3. The lowest BCUT2D eigenvalue weighted by atomic mass is 9.44. The SMILES string of the molecule is CCC(=O)O[C@]1(C(=O)CCl)C(C)CC2C3CC(F)C4=CC(=O)C=C[C@]4(C)[C@@]3(F)C(O)C[C@@]21C. The fourth-order valence-electron chi connectivity index (χ4n) is 7.74. The first kappa shape index (κ1) is 24.5. The minimum atomic E-state index is -2.25. The predicted octanol–water partition coefficient (Wildman–Crippen LogP) is 4.05. The van der Waals surface area contributed by atoms with Crippen molar-refractivity contribution >= 4 is 29.1 Å². The summed E-state index contributed by atoms with van der Waals surface area (Å²) in [6.45, 7) is 6.64. The third-order valence-corrected chi connectivity index (χ3v) is 9.51. The highest BCUT2D eigenvalue weighted by atomic mass is 35.5. The molecule has 0 aromatic heterocycles. The summed E-state index contributed by atoms with van der Waals surface area (Å²) >= 11 is 5.97. The molecule has 0 aliphatic heterocycles. The lowest BCUT2D eigenvalue weighted by Gasteiger charge is -2.63. The quantitative estimate of drug-likeness (QED) is 0.481. The first-order valence-corrected chi connectivity index (χ1v) is 12.1. The molecule has 0 amide bonds. The van der Waals surface area contributed by atoms with E-state index in [1.807, 2.05) is 0 Å². The Morgan fingerprint density at radius 1 is 1.27 bits per heavy atom. The van der Waals surface area contributed by atoms with Gasteiger partial charge in [0.25, 0.3) is 0 Å². The van der Waals surface area contributed by atoms with Crippen molar-refractivity contribution in [3.8, 4) is 0 Å². The largest absolute Gasteiger partial charge is 0.450 e. The van der Waals surface area contributed by atoms with E-state index in [9.17, 15) is 19.5 Å². The fourth-order valence-corrected chi connectivity index (χ4v) is 7.94. The fraction of sp³-hybridized carbons (Fsp3) is 0.720. The van der Waals surface area contributed by atoms with Crippen molar-refractivity contribution in [2.24, 2.45) is 28.6 Å². The van der Waals surface area contributed by atoms with Gasteiger partial charge in [0.05, 0.1) is 12.0 Å². The average Bonchev–Trinajstić information content (AvgIpc) is 2.98. The third kappa shape index (κ3) is 2.87. The summed E-state index contributed by atoms with van der Waals surface area (Å²) in [7, 11) is 0. The average molecular weight is 485 g/mol. The molecule has 3 fully saturated rings. The van der Waals surface area contributed by atoms with Gasteiger partial charge in [-0.15, -0.1) is 11.6 Å². The second-order valence-electron chi connectivity index (χ2n) is 10.6. The van der Waals surface area contributed by atoms with Gasteiger partial charge in [0.1, 0.15) is 6.17 Å². The number of esters is 1. The number of halogens is 3. The Morgan fingerprint density at radius 3 is 2.55 bits per heavy atom. The Morgan fingerprint density at radius 2 is 1.94 bits per heavy atom. The van der Waals surface area contributed by atoms with E-state index in [0.29, 0.717) is 6.42 Å². The molecule has 0 radical (unpaired) electrons. The minimum Gasteiger partial charge on any atom is -0.450 e. The molecule has 4 aliphatic rings. The van der Waals surface area contributed by atoms with Gasteiger partial charge < -0.3 is 9.84 Å². The van der Waals surface area contributed by atoms with Crippen molar-refractivity contribution in [3.63, 3.8) is 0 Å². The van der Waals surface area contributed by atoms with Crippen LogP contribution in [0.1, 0.15) is 53.4 Å². The van der Waals surface area contributed by atoms with E-state index in [4.69, 9.17) is 16.3 Å². The van der Waals surface area contributed by atoms with Crippen LogP contribution in [0.25, 0.3) is 0 Å². The second kappa shape index (κ2) is 7.70. The van der Waals surface area contributed by atoms with Gasteiger partial charge in [-0.3, -0.25) is 14.4 Å². The van der Waals surface area contributed by atoms with Crippen LogP contribution in [0.15, 0.2) is 23.8 Å². The van der Waals surface area contributed by atoms with Gasteiger partial charge in [-0.2, -0.15) is 0 Å². The zero-order valence-electron chi connectivity index (χ0n) is 19.4. The molecular formula is C25H31ClF2O5. The maximum Gasteiger partial charge on any atom is 0.306 e. The topological polar surface area (TPSA) is 80.7 Å². The number of rotatable bonds is 4. The molecule has 33 heavy (non-hydrogen) atoms. The summed E-state index contributed by atoms with van der Waals surface area (Å²) in [5.41, 5.74) is -6.47. The van der Waals surface area contributed by atoms with Crippen LogP contribution in [0.2, 0.25) is 0 Å². The Hall–Kier alpha value is -1.60. The number of ketones is 2. The van der Waals surface area contributed by atoms with Crippen LogP contribution in [0.5, 0.6) is 0 Å². The highest BCUT2D eigenvalue weighted by Gasteiger charge is 2.77. The van der Waals surface area contributed by atoms with E-state index in [1.54, 1.807) is 20.8 Å². The van der Waals surface area contributed by atoms with Crippen molar-refractivity contribution < 1.29 is 33.0 Å². The van der Waals surface area contributed by atoms with Crippen molar-refractivity contribution in [3.05, 3.63) is 23.8 Å². The van der Waals surface area contributed by atoms with Gasteiger partial charge in [0.2, 0.25) is 0 Å². The maximum atomic E-state index is 17.2. The number of ether oxygens (including phenoxy) is 1. The van der Waals surface area contributed by atoms with Crippen LogP contribution in [-0.2, 0) is 19.1 Å². The standard InChI is InChI=1S/C25H31ClF2O5/c1-5-21(32)33-25(20(31)12-26)13(2)8-15-16-10-18(27)17-9-14(29)6-7-22(17,3)24(16,28)19(30)11-23(15,25)4/h6-7,9,13,15-16,18-19,30H,5,8,10-12H2,1-4H3/t13?,15?,16?,18?,19?,22-,23-,24-,25-/m0/s1. The molecule has 4 aliphatic carbocycles. The summed E-state index contributed by atoms with van der Waals surface area (Å²) in [6.07, 6.45) is 0.584. The number of alkyl halides is 3. The van der Waals surface area contributed by atoms with Gasteiger partial charge in [-0.1, -0.05) is 26.8 Å². The molecule has 3 saturated carbocycles. The third-order valence-electron chi connectivity index (χ3n) is 9.27. The normalized spacial score (nSPS) is 48.4. The number of Topliss-reactive ketones (excluding diaryl/α,β-unsaturated/α-hetero) is 1. The van der Waals surface area contributed by atoms with E-state index in [-0.39, 0.29) is 24.8 Å². The number of hydrogen-bond donors (Lipinski definition) is 1. The summed E-state index contributed by atoms with van der Waals surface area (Å²) < 4.78 is 38.5. The van der Waals surface area contributed by atoms with Crippen LogP contribution in [-0.4, -0.2) is 52.1 Å². The lowest BCUT2D eigenvalue weighted by Crippen LogP contribution is -2.71. The summed E-state index contributed by atoms with van der Waals surface area (Å²) in [5.74, 6) is -3.84. The molecule has 0 heterocycles. The zero-order chi connectivity index (χ0) is 24.6. The molecule has 0 bridgehead atoms. The number of carbonyl (C=O) groups excluding carboxylic acids is 3. The predicted molar refractivity (Wildman–Crippen MR) is 118 cm³/mol. The molecule has 0 aromatic rings. The molecule has 9 atom stereocenters. The monoisotopic (exact) mass is 484 g/mol. The maximum absolute atomic E-state index is 17.2. The van der Waals surface area contributed by atoms with Crippen LogP contribution in [0.4, 0.5) is 8.78 Å². The molecule has 5 nitrogen and oxygen atoms in total. The van der Waals surface area contributed by atoms with Crippen molar-refractivity contribution in [1.82, 2.24) is 0 Å². The van der Waals surface area contributed by atoms with Crippen LogP contribution < -0.4 is 0 Å². The first-order valence-electron chi connectivity index (χ1n) is 11.6. The molecule has 5 unspecified atom stereocenters. The van der Waals surface area contributed by atoms with Gasteiger partial charge in [0.15, 0.2) is 22.8 Å². The number of hydrogen-bond acceptors (Lipinski definition) is 5. The van der Waals surface area contributed by atoms with Crippen molar-refractivity contribution in [2.45, 2.75) is 76.9 Å². The van der Waals surface area contributed by atoms with Crippen molar-refractivity contribution in [2.75, 3.05) is 5.88 Å². The number of aliphatic hydroxyl groups excluding tert-OH is 1. The molecule has 0 aromatic carbocycles. The van der Waals surface area contributed by atoms with Crippen LogP contribution >= 0.6 is 11.6 Å². The Balaban J connectivity index is 1.88. The molecule has 8 heteroatoms.